The number of benzene rings is 1. The summed E-state index contributed by atoms with van der Waals surface area (Å²) < 4.78 is 3.83. The second-order valence-corrected chi connectivity index (χ2v) is 7.89. The number of fused-ring (bicyclic) bond motifs is 1. The Hall–Kier alpha value is -2.03. The van der Waals surface area contributed by atoms with Crippen molar-refractivity contribution in [1.29, 1.82) is 0 Å². The van der Waals surface area contributed by atoms with E-state index in [1.807, 2.05) is 17.5 Å². The number of amides is 1. The molecule has 120 valence electrons. The minimum absolute atomic E-state index is 0.153. The molecule has 0 atom stereocenters. The van der Waals surface area contributed by atoms with Gasteiger partial charge >= 0.3 is 0 Å². The van der Waals surface area contributed by atoms with Crippen LogP contribution < -0.4 is 5.32 Å². The Labute approximate surface area is 154 Å². The summed E-state index contributed by atoms with van der Waals surface area (Å²) in [6, 6.07) is 9.36. The molecule has 0 aliphatic carbocycles. The van der Waals surface area contributed by atoms with E-state index >= 15 is 0 Å². The van der Waals surface area contributed by atoms with E-state index < -0.39 is 0 Å². The SMILES string of the molecule is O=C(Nc1ccnn1Cc1cc(Br)cs1)c1ccc2ncsc2c1. The molecule has 8 heteroatoms. The quantitative estimate of drug-likeness (QED) is 0.525. The molecular weight excluding hydrogens is 408 g/mol. The number of thiazole rings is 1. The Bertz CT molecular complexity index is 1020. The van der Waals surface area contributed by atoms with Gasteiger partial charge in [-0.05, 0) is 40.2 Å². The van der Waals surface area contributed by atoms with Crippen LogP contribution in [0.4, 0.5) is 5.82 Å². The van der Waals surface area contributed by atoms with Crippen molar-refractivity contribution in [3.8, 4) is 0 Å². The summed E-state index contributed by atoms with van der Waals surface area (Å²) in [5, 5.41) is 9.25. The van der Waals surface area contributed by atoms with Crippen molar-refractivity contribution in [2.45, 2.75) is 6.54 Å². The van der Waals surface area contributed by atoms with Gasteiger partial charge in [0.2, 0.25) is 0 Å². The lowest BCUT2D eigenvalue weighted by molar-refractivity contribution is 0.102. The second-order valence-electron chi connectivity index (χ2n) is 5.09. The standard InChI is InChI=1S/C16H11BrN4OS2/c17-11-6-12(23-8-11)7-21-15(3-4-19-21)20-16(22)10-1-2-13-14(5-10)24-9-18-13/h1-6,8-9H,7H2,(H,20,22). The third kappa shape index (κ3) is 3.12. The molecular formula is C16H11BrN4OS2. The van der Waals surface area contributed by atoms with Crippen LogP contribution in [-0.4, -0.2) is 20.7 Å². The van der Waals surface area contributed by atoms with Crippen LogP contribution in [-0.2, 0) is 6.54 Å². The molecule has 0 bridgehead atoms. The number of carbonyl (C=O) groups is 1. The van der Waals surface area contributed by atoms with Crippen molar-refractivity contribution < 1.29 is 4.79 Å². The van der Waals surface area contributed by atoms with Gasteiger partial charge in [-0.1, -0.05) is 0 Å². The highest BCUT2D eigenvalue weighted by molar-refractivity contribution is 9.10. The van der Waals surface area contributed by atoms with E-state index in [1.165, 1.54) is 11.3 Å². The molecule has 3 aromatic heterocycles. The molecule has 3 heterocycles. The van der Waals surface area contributed by atoms with E-state index in [4.69, 9.17) is 0 Å². The minimum atomic E-state index is -0.153. The van der Waals surface area contributed by atoms with E-state index in [2.05, 4.69) is 37.4 Å². The second kappa shape index (κ2) is 6.46. The van der Waals surface area contributed by atoms with Crippen LogP contribution in [0.2, 0.25) is 0 Å². The third-order valence-corrected chi connectivity index (χ3v) is 5.95. The van der Waals surface area contributed by atoms with Gasteiger partial charge in [0.25, 0.3) is 5.91 Å². The molecule has 0 aliphatic heterocycles. The predicted octanol–water partition coefficient (Wildman–Crippen LogP) is 4.62. The largest absolute Gasteiger partial charge is 0.307 e. The fourth-order valence-electron chi connectivity index (χ4n) is 2.33. The van der Waals surface area contributed by atoms with Crippen molar-refractivity contribution in [2.75, 3.05) is 5.32 Å². The lowest BCUT2D eigenvalue weighted by Gasteiger charge is -2.08. The summed E-state index contributed by atoms with van der Waals surface area (Å²) in [5.41, 5.74) is 3.30. The van der Waals surface area contributed by atoms with Crippen molar-refractivity contribution in [2.24, 2.45) is 0 Å². The monoisotopic (exact) mass is 418 g/mol. The fourth-order valence-corrected chi connectivity index (χ4v) is 4.48. The normalized spacial score (nSPS) is 11.0. The number of carbonyl (C=O) groups excluding carboxylic acids is 1. The maximum atomic E-state index is 12.5. The lowest BCUT2D eigenvalue weighted by Crippen LogP contribution is -2.15. The number of nitrogens with one attached hydrogen (secondary N) is 1. The number of halogens is 1. The molecule has 5 nitrogen and oxygen atoms in total. The highest BCUT2D eigenvalue weighted by Gasteiger charge is 2.11. The molecule has 0 spiro atoms. The zero-order valence-electron chi connectivity index (χ0n) is 12.3. The molecule has 0 unspecified atom stereocenters. The van der Waals surface area contributed by atoms with E-state index in [1.54, 1.807) is 39.9 Å². The van der Waals surface area contributed by atoms with Gasteiger partial charge in [0, 0.05) is 26.4 Å². The number of aromatic nitrogens is 3. The first kappa shape index (κ1) is 15.5. The van der Waals surface area contributed by atoms with Crippen molar-refractivity contribution in [3.63, 3.8) is 0 Å². The van der Waals surface area contributed by atoms with Gasteiger partial charge in [-0.15, -0.1) is 22.7 Å². The first-order valence-corrected chi connectivity index (χ1v) is 9.63. The molecule has 0 saturated heterocycles. The van der Waals surface area contributed by atoms with Crippen LogP contribution in [0.1, 0.15) is 15.2 Å². The lowest BCUT2D eigenvalue weighted by atomic mass is 10.2. The zero-order valence-corrected chi connectivity index (χ0v) is 15.5. The van der Waals surface area contributed by atoms with Crippen LogP contribution in [0, 0.1) is 0 Å². The Kier molecular flexibility index (Phi) is 4.17. The average Bonchev–Trinajstić information content (AvgIpc) is 3.29. The Morgan fingerprint density at radius 1 is 1.25 bits per heavy atom. The Morgan fingerprint density at radius 2 is 2.17 bits per heavy atom. The highest BCUT2D eigenvalue weighted by atomic mass is 79.9. The average molecular weight is 419 g/mol. The Morgan fingerprint density at radius 3 is 3.00 bits per heavy atom. The van der Waals surface area contributed by atoms with Gasteiger partial charge in [-0.3, -0.25) is 4.79 Å². The number of nitrogens with zero attached hydrogens (tertiary/aromatic N) is 3. The molecule has 0 fully saturated rings. The van der Waals surface area contributed by atoms with E-state index in [9.17, 15) is 4.79 Å². The number of hydrogen-bond donors (Lipinski definition) is 1. The Balaban J connectivity index is 1.54. The first-order valence-electron chi connectivity index (χ1n) is 7.08. The van der Waals surface area contributed by atoms with Crippen molar-refractivity contribution in [3.05, 3.63) is 62.3 Å². The van der Waals surface area contributed by atoms with E-state index in [0.29, 0.717) is 17.9 Å². The number of rotatable bonds is 4. The van der Waals surface area contributed by atoms with Crippen molar-refractivity contribution >= 4 is 60.5 Å². The van der Waals surface area contributed by atoms with Gasteiger partial charge in [-0.2, -0.15) is 5.10 Å². The summed E-state index contributed by atoms with van der Waals surface area (Å²) in [4.78, 5) is 17.9. The molecule has 0 aliphatic rings. The summed E-state index contributed by atoms with van der Waals surface area (Å²) in [6.45, 7) is 0.618. The summed E-state index contributed by atoms with van der Waals surface area (Å²) in [6.07, 6.45) is 1.69. The van der Waals surface area contributed by atoms with Crippen LogP contribution in [0.3, 0.4) is 0 Å². The predicted molar refractivity (Wildman–Crippen MR) is 101 cm³/mol. The van der Waals surface area contributed by atoms with Crippen LogP contribution in [0.25, 0.3) is 10.2 Å². The smallest absolute Gasteiger partial charge is 0.256 e. The van der Waals surface area contributed by atoms with Crippen LogP contribution in [0.5, 0.6) is 0 Å². The molecule has 4 aromatic rings. The highest BCUT2D eigenvalue weighted by Crippen LogP contribution is 2.22. The fraction of sp³-hybridized carbons (Fsp3) is 0.0625. The van der Waals surface area contributed by atoms with E-state index in [0.717, 1.165) is 19.6 Å². The van der Waals surface area contributed by atoms with Gasteiger partial charge in [0.1, 0.15) is 5.82 Å². The summed E-state index contributed by atoms with van der Waals surface area (Å²) in [5.74, 6) is 0.522. The van der Waals surface area contributed by atoms with Crippen LogP contribution in [0.15, 0.2) is 51.9 Å². The van der Waals surface area contributed by atoms with Gasteiger partial charge in [-0.25, -0.2) is 9.67 Å². The summed E-state index contributed by atoms with van der Waals surface area (Å²) >= 11 is 6.62. The maximum Gasteiger partial charge on any atom is 0.256 e. The molecule has 1 N–H and O–H groups in total. The molecule has 0 saturated carbocycles. The molecule has 1 aromatic carbocycles. The summed E-state index contributed by atoms with van der Waals surface area (Å²) in [7, 11) is 0. The minimum Gasteiger partial charge on any atom is -0.307 e. The van der Waals surface area contributed by atoms with E-state index in [-0.39, 0.29) is 5.91 Å². The first-order chi connectivity index (χ1) is 11.7. The topological polar surface area (TPSA) is 59.8 Å². The molecule has 4 rings (SSSR count). The number of anilines is 1. The van der Waals surface area contributed by atoms with Gasteiger partial charge < -0.3 is 5.32 Å². The molecule has 0 radical (unpaired) electrons. The third-order valence-electron chi connectivity index (χ3n) is 3.48. The molecule has 1 amide bonds. The van der Waals surface area contributed by atoms with Crippen LogP contribution >= 0.6 is 38.6 Å². The van der Waals surface area contributed by atoms with Crippen molar-refractivity contribution in [1.82, 2.24) is 14.8 Å². The van der Waals surface area contributed by atoms with Gasteiger partial charge in [0.05, 0.1) is 28.5 Å². The number of thiophene rings is 1. The zero-order chi connectivity index (χ0) is 16.5. The maximum absolute atomic E-state index is 12.5. The molecule has 24 heavy (non-hydrogen) atoms. The van der Waals surface area contributed by atoms with Gasteiger partial charge in [0.15, 0.2) is 0 Å². The number of hydrogen-bond acceptors (Lipinski definition) is 5.